The Labute approximate surface area is 77.8 Å². The zero-order valence-electron chi connectivity index (χ0n) is 7.38. The Balaban J connectivity index is 3.53. The lowest BCUT2D eigenvalue weighted by Crippen LogP contribution is -2.40. The highest BCUT2D eigenvalue weighted by Crippen LogP contribution is 1.98. The molecule has 0 bridgehead atoms. The van der Waals surface area contributed by atoms with Crippen LogP contribution in [0.15, 0.2) is 12.7 Å². The van der Waals surface area contributed by atoms with E-state index in [0.29, 0.717) is 6.54 Å². The molecule has 0 rings (SSSR count). The van der Waals surface area contributed by atoms with Gasteiger partial charge in [0.05, 0.1) is 6.04 Å². The van der Waals surface area contributed by atoms with Crippen LogP contribution in [0.1, 0.15) is 6.42 Å². The van der Waals surface area contributed by atoms with Crippen LogP contribution in [0.5, 0.6) is 0 Å². The van der Waals surface area contributed by atoms with Gasteiger partial charge in [-0.15, -0.1) is 6.58 Å². The molecule has 0 aliphatic rings. The summed E-state index contributed by atoms with van der Waals surface area (Å²) >= 11 is 1.69. The highest BCUT2D eigenvalue weighted by molar-refractivity contribution is 7.98. The van der Waals surface area contributed by atoms with Crippen LogP contribution >= 0.6 is 11.8 Å². The summed E-state index contributed by atoms with van der Waals surface area (Å²) in [4.78, 5) is 11.1. The van der Waals surface area contributed by atoms with E-state index in [1.54, 1.807) is 17.8 Å². The van der Waals surface area contributed by atoms with E-state index in [4.69, 9.17) is 5.73 Å². The highest BCUT2D eigenvalue weighted by Gasteiger charge is 2.10. The summed E-state index contributed by atoms with van der Waals surface area (Å²) in [6, 6.07) is -0.377. The predicted molar refractivity (Wildman–Crippen MR) is 54.2 cm³/mol. The number of nitrogens with one attached hydrogen (secondary N) is 1. The van der Waals surface area contributed by atoms with Crippen molar-refractivity contribution in [1.82, 2.24) is 5.32 Å². The zero-order valence-corrected chi connectivity index (χ0v) is 8.19. The topological polar surface area (TPSA) is 55.1 Å². The lowest BCUT2D eigenvalue weighted by atomic mass is 10.2. The van der Waals surface area contributed by atoms with Crippen molar-refractivity contribution < 1.29 is 4.79 Å². The second-order valence-electron chi connectivity index (χ2n) is 2.42. The second-order valence-corrected chi connectivity index (χ2v) is 3.41. The van der Waals surface area contributed by atoms with Gasteiger partial charge in [-0.1, -0.05) is 6.08 Å². The molecule has 0 aliphatic heterocycles. The fraction of sp³-hybridized carbons (Fsp3) is 0.625. The lowest BCUT2D eigenvalue weighted by Gasteiger charge is -2.09. The molecular formula is C8H16N2OS. The summed E-state index contributed by atoms with van der Waals surface area (Å²) in [5, 5.41) is 2.65. The SMILES string of the molecule is C=CCNC(=O)[C@H](N)CCSC. The summed E-state index contributed by atoms with van der Waals surface area (Å²) in [7, 11) is 0. The molecule has 1 atom stereocenters. The van der Waals surface area contributed by atoms with E-state index in [0.717, 1.165) is 12.2 Å². The van der Waals surface area contributed by atoms with Crippen molar-refractivity contribution in [2.45, 2.75) is 12.5 Å². The number of nitrogens with two attached hydrogens (primary N) is 1. The van der Waals surface area contributed by atoms with Crippen molar-refractivity contribution in [3.63, 3.8) is 0 Å². The molecule has 4 heteroatoms. The molecule has 3 nitrogen and oxygen atoms in total. The van der Waals surface area contributed by atoms with Crippen molar-refractivity contribution in [2.24, 2.45) is 5.73 Å². The highest BCUT2D eigenvalue weighted by atomic mass is 32.2. The first-order valence-electron chi connectivity index (χ1n) is 3.85. The number of hydrogen-bond acceptors (Lipinski definition) is 3. The first-order chi connectivity index (χ1) is 5.72. The van der Waals surface area contributed by atoms with Gasteiger partial charge in [0.2, 0.25) is 5.91 Å². The smallest absolute Gasteiger partial charge is 0.237 e. The molecule has 0 saturated carbocycles. The molecule has 0 unspecified atom stereocenters. The van der Waals surface area contributed by atoms with Gasteiger partial charge < -0.3 is 11.1 Å². The molecule has 3 N–H and O–H groups in total. The van der Waals surface area contributed by atoms with Crippen molar-refractivity contribution in [3.05, 3.63) is 12.7 Å². The first-order valence-corrected chi connectivity index (χ1v) is 5.25. The molecule has 0 fully saturated rings. The van der Waals surface area contributed by atoms with Gasteiger partial charge in [-0.2, -0.15) is 11.8 Å². The molecule has 1 amide bonds. The maximum absolute atomic E-state index is 11.1. The molecule has 0 aromatic heterocycles. The van der Waals surface area contributed by atoms with Gasteiger partial charge in [-0.05, 0) is 18.4 Å². The Morgan fingerprint density at radius 1 is 1.83 bits per heavy atom. The zero-order chi connectivity index (χ0) is 9.40. The van der Waals surface area contributed by atoms with E-state index in [1.165, 1.54) is 0 Å². The van der Waals surface area contributed by atoms with Gasteiger partial charge in [0.1, 0.15) is 0 Å². The van der Waals surface area contributed by atoms with E-state index in [-0.39, 0.29) is 11.9 Å². The minimum Gasteiger partial charge on any atom is -0.351 e. The molecule has 0 radical (unpaired) electrons. The van der Waals surface area contributed by atoms with Gasteiger partial charge in [-0.25, -0.2) is 0 Å². The van der Waals surface area contributed by atoms with Crippen LogP contribution in [0, 0.1) is 0 Å². The van der Waals surface area contributed by atoms with Gasteiger partial charge in [0, 0.05) is 6.54 Å². The van der Waals surface area contributed by atoms with Crippen molar-refractivity contribution in [3.8, 4) is 0 Å². The van der Waals surface area contributed by atoms with Crippen molar-refractivity contribution in [2.75, 3.05) is 18.6 Å². The monoisotopic (exact) mass is 188 g/mol. The standard InChI is InChI=1S/C8H16N2OS/c1-3-5-10-8(11)7(9)4-6-12-2/h3,7H,1,4-6,9H2,2H3,(H,10,11)/t7-/m1/s1. The summed E-state index contributed by atoms with van der Waals surface area (Å²) in [5.74, 6) is 0.826. The van der Waals surface area contributed by atoms with Gasteiger partial charge in [0.25, 0.3) is 0 Å². The van der Waals surface area contributed by atoms with E-state index >= 15 is 0 Å². The van der Waals surface area contributed by atoms with E-state index in [9.17, 15) is 4.79 Å². The molecule has 0 spiro atoms. The van der Waals surface area contributed by atoms with Crippen LogP contribution < -0.4 is 11.1 Å². The van der Waals surface area contributed by atoms with Crippen LogP contribution in [0.25, 0.3) is 0 Å². The molecule has 0 aromatic carbocycles. The molecule has 0 heterocycles. The van der Waals surface area contributed by atoms with Crippen LogP contribution in [0.2, 0.25) is 0 Å². The number of hydrogen-bond donors (Lipinski definition) is 2. The fourth-order valence-electron chi connectivity index (χ4n) is 0.680. The Bertz CT molecular complexity index is 150. The summed E-state index contributed by atoms with van der Waals surface area (Å²) in [5.41, 5.74) is 5.58. The Kier molecular flexibility index (Phi) is 6.90. The van der Waals surface area contributed by atoms with E-state index in [2.05, 4.69) is 11.9 Å². The average Bonchev–Trinajstić information content (AvgIpc) is 2.10. The van der Waals surface area contributed by atoms with Crippen LogP contribution in [0.4, 0.5) is 0 Å². The third kappa shape index (κ3) is 5.21. The molecule has 12 heavy (non-hydrogen) atoms. The molecule has 0 aromatic rings. The Morgan fingerprint density at radius 2 is 2.50 bits per heavy atom. The maximum atomic E-state index is 11.1. The predicted octanol–water partition coefficient (Wildman–Crippen LogP) is 0.369. The van der Waals surface area contributed by atoms with Crippen molar-refractivity contribution in [1.29, 1.82) is 0 Å². The number of thioether (sulfide) groups is 1. The average molecular weight is 188 g/mol. The van der Waals surface area contributed by atoms with Crippen molar-refractivity contribution >= 4 is 17.7 Å². The maximum Gasteiger partial charge on any atom is 0.237 e. The number of carbonyl (C=O) groups excluding carboxylic acids is 1. The van der Waals surface area contributed by atoms with Crippen LogP contribution in [-0.4, -0.2) is 30.5 Å². The minimum absolute atomic E-state index is 0.0936. The third-order valence-corrected chi connectivity index (χ3v) is 2.03. The van der Waals surface area contributed by atoms with Gasteiger partial charge in [-0.3, -0.25) is 4.79 Å². The van der Waals surface area contributed by atoms with E-state index in [1.807, 2.05) is 6.26 Å². The Hall–Kier alpha value is -0.480. The number of amides is 1. The van der Waals surface area contributed by atoms with Gasteiger partial charge >= 0.3 is 0 Å². The third-order valence-electron chi connectivity index (χ3n) is 1.39. The van der Waals surface area contributed by atoms with Crippen LogP contribution in [0.3, 0.4) is 0 Å². The molecule has 0 saturated heterocycles. The second kappa shape index (κ2) is 7.18. The summed E-state index contributed by atoms with van der Waals surface area (Å²) in [6.07, 6.45) is 4.36. The van der Waals surface area contributed by atoms with Crippen LogP contribution in [-0.2, 0) is 4.79 Å². The normalized spacial score (nSPS) is 12.2. The summed E-state index contributed by atoms with van der Waals surface area (Å²) < 4.78 is 0. The van der Waals surface area contributed by atoms with Gasteiger partial charge in [0.15, 0.2) is 0 Å². The molecule has 70 valence electrons. The van der Waals surface area contributed by atoms with E-state index < -0.39 is 0 Å². The largest absolute Gasteiger partial charge is 0.351 e. The summed E-state index contributed by atoms with van der Waals surface area (Å²) in [6.45, 7) is 3.99. The quantitative estimate of drug-likeness (QED) is 0.592. The number of carbonyl (C=O) groups is 1. The Morgan fingerprint density at radius 3 is 3.00 bits per heavy atom. The molecular weight excluding hydrogens is 172 g/mol. The number of rotatable bonds is 6. The first kappa shape index (κ1) is 11.5. The molecule has 0 aliphatic carbocycles. The fourth-order valence-corrected chi connectivity index (χ4v) is 1.17. The minimum atomic E-state index is -0.377. The lowest BCUT2D eigenvalue weighted by molar-refractivity contribution is -0.122.